The number of nitrogens with one attached hydrogen (secondary N) is 1. The molecule has 0 bridgehead atoms. The number of anilines is 1. The van der Waals surface area contributed by atoms with E-state index in [0.29, 0.717) is 21.7 Å². The Kier molecular flexibility index (Phi) is 5.65. The number of nitrogens with zero attached hydrogens (tertiary/aromatic N) is 2. The van der Waals surface area contributed by atoms with Crippen molar-refractivity contribution in [2.45, 2.75) is 6.92 Å². The van der Waals surface area contributed by atoms with Crippen LogP contribution in [0, 0.1) is 18.3 Å². The predicted octanol–water partition coefficient (Wildman–Crippen LogP) is 2.94. The second-order valence-electron chi connectivity index (χ2n) is 6.67. The number of para-hydroxylation sites is 2. The van der Waals surface area contributed by atoms with Crippen molar-refractivity contribution in [1.29, 1.82) is 5.26 Å². The minimum atomic E-state index is -0.582. The number of aryl methyl sites for hydroxylation is 1. The number of hydrogen-bond acceptors (Lipinski definition) is 5. The highest BCUT2D eigenvalue weighted by Gasteiger charge is 2.18. The highest BCUT2D eigenvalue weighted by atomic mass is 32.1. The third-order valence-corrected chi connectivity index (χ3v) is 5.67. The van der Waals surface area contributed by atoms with Crippen molar-refractivity contribution in [3.63, 3.8) is 0 Å². The van der Waals surface area contributed by atoms with E-state index in [-0.39, 0.29) is 15.8 Å². The molecule has 1 amide bonds. The lowest BCUT2D eigenvalue weighted by molar-refractivity contribution is -0.111. The van der Waals surface area contributed by atoms with Gasteiger partial charge in [-0.15, -0.1) is 11.3 Å². The molecule has 0 spiro atoms. The van der Waals surface area contributed by atoms with Crippen LogP contribution in [0.25, 0.3) is 17.3 Å². The zero-order chi connectivity index (χ0) is 21.8. The van der Waals surface area contributed by atoms with Crippen LogP contribution in [0.1, 0.15) is 11.3 Å². The SMILES string of the molecule is Cc1ccccc1-n1c(=O)c(=Cc2ccco2)s/c1=C(\C#N)C(=O)Nc1ccccc1. The molecule has 2 aromatic heterocycles. The fraction of sp³-hybridized carbons (Fsp3) is 0.0417. The molecule has 1 N–H and O–H groups in total. The van der Waals surface area contributed by atoms with Gasteiger partial charge in [-0.2, -0.15) is 5.26 Å². The maximum absolute atomic E-state index is 13.3. The van der Waals surface area contributed by atoms with Gasteiger partial charge in [0.25, 0.3) is 11.5 Å². The van der Waals surface area contributed by atoms with Crippen molar-refractivity contribution in [2.75, 3.05) is 5.32 Å². The molecule has 2 heterocycles. The molecule has 0 radical (unpaired) electrons. The van der Waals surface area contributed by atoms with Crippen molar-refractivity contribution < 1.29 is 9.21 Å². The van der Waals surface area contributed by atoms with Crippen molar-refractivity contribution in [3.05, 3.63) is 104 Å². The minimum Gasteiger partial charge on any atom is -0.465 e. The number of carbonyl (C=O) groups excluding carboxylic acids is 1. The number of rotatable bonds is 4. The summed E-state index contributed by atoms with van der Waals surface area (Å²) < 4.78 is 7.36. The first-order valence-corrected chi connectivity index (χ1v) is 10.2. The summed E-state index contributed by atoms with van der Waals surface area (Å²) in [4.78, 5) is 26.3. The van der Waals surface area contributed by atoms with Gasteiger partial charge in [0.1, 0.15) is 16.5 Å². The number of nitriles is 1. The molecule has 0 atom stereocenters. The summed E-state index contributed by atoms with van der Waals surface area (Å²) in [6.45, 7) is 1.87. The van der Waals surface area contributed by atoms with Gasteiger partial charge in [0.05, 0.1) is 16.5 Å². The van der Waals surface area contributed by atoms with E-state index in [4.69, 9.17) is 4.42 Å². The molecular formula is C24H17N3O3S. The van der Waals surface area contributed by atoms with Gasteiger partial charge >= 0.3 is 0 Å². The van der Waals surface area contributed by atoms with Crippen LogP contribution in [0.15, 0.2) is 82.2 Å². The van der Waals surface area contributed by atoms with E-state index in [9.17, 15) is 14.9 Å². The van der Waals surface area contributed by atoms with E-state index in [0.717, 1.165) is 16.9 Å². The lowest BCUT2D eigenvalue weighted by Gasteiger charge is -2.08. The molecule has 7 heteroatoms. The molecule has 152 valence electrons. The Morgan fingerprint density at radius 3 is 2.52 bits per heavy atom. The van der Waals surface area contributed by atoms with Gasteiger partial charge in [-0.05, 0) is 42.8 Å². The number of thiazole rings is 1. The van der Waals surface area contributed by atoms with E-state index < -0.39 is 5.91 Å². The quantitative estimate of drug-likeness (QED) is 0.542. The van der Waals surface area contributed by atoms with Gasteiger partial charge in [-0.25, -0.2) is 0 Å². The first-order chi connectivity index (χ1) is 15.1. The fourth-order valence-electron chi connectivity index (χ4n) is 3.10. The highest BCUT2D eigenvalue weighted by molar-refractivity contribution is 7.07. The molecule has 0 aliphatic heterocycles. The number of amides is 1. The second-order valence-corrected chi connectivity index (χ2v) is 7.70. The first kappa shape index (κ1) is 20.1. The fourth-order valence-corrected chi connectivity index (χ4v) is 4.17. The smallest absolute Gasteiger partial charge is 0.273 e. The van der Waals surface area contributed by atoms with Gasteiger partial charge in [-0.1, -0.05) is 36.4 Å². The molecule has 4 aromatic rings. The van der Waals surface area contributed by atoms with Crippen LogP contribution >= 0.6 is 11.3 Å². The first-order valence-electron chi connectivity index (χ1n) is 9.42. The van der Waals surface area contributed by atoms with Crippen LogP contribution in [-0.2, 0) is 4.79 Å². The lowest BCUT2D eigenvalue weighted by atomic mass is 10.2. The van der Waals surface area contributed by atoms with Crippen LogP contribution in [0.5, 0.6) is 0 Å². The molecule has 2 aromatic carbocycles. The predicted molar refractivity (Wildman–Crippen MR) is 120 cm³/mol. The molecule has 0 aliphatic carbocycles. The Balaban J connectivity index is 1.99. The zero-order valence-electron chi connectivity index (χ0n) is 16.5. The average molecular weight is 427 g/mol. The zero-order valence-corrected chi connectivity index (χ0v) is 17.3. The van der Waals surface area contributed by atoms with Crippen molar-refractivity contribution in [3.8, 4) is 11.8 Å². The van der Waals surface area contributed by atoms with Gasteiger partial charge in [0.15, 0.2) is 5.57 Å². The summed E-state index contributed by atoms with van der Waals surface area (Å²) in [5, 5.41) is 12.6. The summed E-state index contributed by atoms with van der Waals surface area (Å²) >= 11 is 1.07. The average Bonchev–Trinajstić information content (AvgIpc) is 3.39. The largest absolute Gasteiger partial charge is 0.465 e. The minimum absolute atomic E-state index is 0.145. The molecule has 31 heavy (non-hydrogen) atoms. The summed E-state index contributed by atoms with van der Waals surface area (Å²) in [7, 11) is 0. The van der Waals surface area contributed by atoms with Crippen molar-refractivity contribution in [2.24, 2.45) is 0 Å². The van der Waals surface area contributed by atoms with Crippen LogP contribution < -0.4 is 20.1 Å². The normalized spacial score (nSPS) is 12.3. The Morgan fingerprint density at radius 1 is 1.10 bits per heavy atom. The number of furan rings is 1. The van der Waals surface area contributed by atoms with E-state index in [1.807, 2.05) is 37.3 Å². The van der Waals surface area contributed by atoms with Gasteiger partial charge in [-0.3, -0.25) is 14.2 Å². The molecule has 4 rings (SSSR count). The van der Waals surface area contributed by atoms with E-state index in [2.05, 4.69) is 5.32 Å². The molecule has 0 unspecified atom stereocenters. The van der Waals surface area contributed by atoms with Gasteiger partial charge in [0, 0.05) is 11.8 Å². The van der Waals surface area contributed by atoms with Crippen LogP contribution in [0.4, 0.5) is 5.69 Å². The van der Waals surface area contributed by atoms with Crippen LogP contribution in [0.2, 0.25) is 0 Å². The van der Waals surface area contributed by atoms with Gasteiger partial charge < -0.3 is 9.73 Å². The summed E-state index contributed by atoms with van der Waals surface area (Å²) in [6.07, 6.45) is 3.12. The van der Waals surface area contributed by atoms with E-state index >= 15 is 0 Å². The number of carbonyl (C=O) groups is 1. The van der Waals surface area contributed by atoms with Crippen molar-refractivity contribution >= 4 is 34.6 Å². The van der Waals surface area contributed by atoms with Gasteiger partial charge in [0.2, 0.25) is 0 Å². The Hall–Kier alpha value is -4.15. The maximum atomic E-state index is 13.3. The summed E-state index contributed by atoms with van der Waals surface area (Å²) in [5.41, 5.74) is 1.54. The van der Waals surface area contributed by atoms with Crippen molar-refractivity contribution in [1.82, 2.24) is 4.57 Å². The number of benzene rings is 2. The topological polar surface area (TPSA) is 88.0 Å². The summed E-state index contributed by atoms with van der Waals surface area (Å²) in [5.74, 6) is -0.0732. The Labute approximate surface area is 181 Å². The highest BCUT2D eigenvalue weighted by Crippen LogP contribution is 2.12. The lowest BCUT2D eigenvalue weighted by Crippen LogP contribution is -2.32. The van der Waals surface area contributed by atoms with Crippen LogP contribution in [-0.4, -0.2) is 10.5 Å². The Bertz CT molecular complexity index is 1460. The number of aromatic nitrogens is 1. The Morgan fingerprint density at radius 2 is 1.84 bits per heavy atom. The molecule has 0 saturated heterocycles. The molecular weight excluding hydrogens is 410 g/mol. The van der Waals surface area contributed by atoms with E-state index in [1.165, 1.54) is 10.8 Å². The molecule has 0 aliphatic rings. The third kappa shape index (κ3) is 4.10. The van der Waals surface area contributed by atoms with E-state index in [1.54, 1.807) is 48.5 Å². The molecule has 0 saturated carbocycles. The third-order valence-electron chi connectivity index (χ3n) is 4.58. The summed E-state index contributed by atoms with van der Waals surface area (Å²) in [6, 6.07) is 21.6. The number of hydrogen-bond donors (Lipinski definition) is 1. The van der Waals surface area contributed by atoms with Crippen LogP contribution in [0.3, 0.4) is 0 Å². The maximum Gasteiger partial charge on any atom is 0.273 e. The molecule has 0 fully saturated rings. The standard InChI is InChI=1S/C24H17N3O3S/c1-16-8-5-6-12-20(16)27-23(29)21(14-18-11-7-13-30-18)31-24(27)19(15-25)22(28)26-17-9-3-2-4-10-17/h2-14H,1H3,(H,26,28)/b21-14?,24-19+. The second kappa shape index (κ2) is 8.69. The molecule has 6 nitrogen and oxygen atoms in total. The monoisotopic (exact) mass is 427 g/mol.